The van der Waals surface area contributed by atoms with Crippen molar-refractivity contribution in [2.45, 2.75) is 72.6 Å². The highest BCUT2D eigenvalue weighted by atomic mass is 32.2. The summed E-state index contributed by atoms with van der Waals surface area (Å²) in [5.41, 5.74) is 2.52. The zero-order chi connectivity index (χ0) is 18.0. The summed E-state index contributed by atoms with van der Waals surface area (Å²) in [6.45, 7) is 16.8. The van der Waals surface area contributed by atoms with Crippen LogP contribution < -0.4 is 0 Å². The molecule has 0 aliphatic heterocycles. The van der Waals surface area contributed by atoms with E-state index in [1.165, 1.54) is 11.8 Å². The smallest absolute Gasteiger partial charge is 0.193 e. The van der Waals surface area contributed by atoms with Crippen LogP contribution in [0.1, 0.15) is 72.1 Å². The second-order valence-electron chi connectivity index (χ2n) is 8.79. The molecule has 0 fully saturated rings. The maximum absolute atomic E-state index is 12.2. The summed E-state index contributed by atoms with van der Waals surface area (Å²) < 4.78 is 0. The van der Waals surface area contributed by atoms with Gasteiger partial charge in [0.15, 0.2) is 5.12 Å². The molecule has 0 radical (unpaired) electrons. The number of phenols is 1. The van der Waals surface area contributed by atoms with Crippen LogP contribution in [0.5, 0.6) is 5.75 Å². The van der Waals surface area contributed by atoms with Gasteiger partial charge in [0.05, 0.1) is 0 Å². The second kappa shape index (κ2) is 7.29. The van der Waals surface area contributed by atoms with Gasteiger partial charge in [0.2, 0.25) is 0 Å². The van der Waals surface area contributed by atoms with E-state index >= 15 is 0 Å². The molecule has 1 N–H and O–H groups in total. The Bertz CT molecular complexity index is 525. The zero-order valence-electron chi connectivity index (χ0n) is 15.9. The monoisotopic (exact) mass is 336 g/mol. The fourth-order valence-corrected chi connectivity index (χ4v) is 3.21. The van der Waals surface area contributed by atoms with Gasteiger partial charge in [-0.05, 0) is 33.4 Å². The van der Waals surface area contributed by atoms with Crippen LogP contribution in [-0.4, -0.2) is 16.0 Å². The zero-order valence-corrected chi connectivity index (χ0v) is 16.7. The number of hydrogen-bond donors (Lipinski definition) is 1. The summed E-state index contributed by atoms with van der Waals surface area (Å²) in [6.07, 6.45) is 0.420. The molecule has 0 aromatic heterocycles. The first-order chi connectivity index (χ1) is 10.3. The number of hydrogen-bond acceptors (Lipinski definition) is 3. The third-order valence-electron chi connectivity index (χ3n) is 3.71. The molecule has 0 atom stereocenters. The summed E-state index contributed by atoms with van der Waals surface area (Å²) in [6, 6.07) is 4.00. The average Bonchev–Trinajstić information content (AvgIpc) is 2.35. The molecule has 0 saturated heterocycles. The van der Waals surface area contributed by atoms with E-state index in [2.05, 4.69) is 55.4 Å². The van der Waals surface area contributed by atoms with E-state index in [1.54, 1.807) is 0 Å². The van der Waals surface area contributed by atoms with Crippen LogP contribution in [0.2, 0.25) is 0 Å². The molecular formula is C20H32O2S. The first kappa shape index (κ1) is 20.1. The summed E-state index contributed by atoms with van der Waals surface area (Å²) in [5, 5.41) is 10.9. The number of phenolic OH excluding ortho intramolecular Hbond substituents is 1. The number of thioether (sulfide) groups is 1. The van der Waals surface area contributed by atoms with Crippen molar-refractivity contribution in [1.29, 1.82) is 0 Å². The molecule has 2 nitrogen and oxygen atoms in total. The predicted molar refractivity (Wildman–Crippen MR) is 102 cm³/mol. The molecule has 1 aromatic carbocycles. The van der Waals surface area contributed by atoms with Crippen LogP contribution in [0, 0.1) is 5.92 Å². The lowest BCUT2D eigenvalue weighted by atomic mass is 9.78. The lowest BCUT2D eigenvalue weighted by Crippen LogP contribution is -2.18. The lowest BCUT2D eigenvalue weighted by molar-refractivity contribution is -0.110. The normalized spacial score (nSPS) is 12.7. The molecule has 0 spiro atoms. The number of carbonyl (C=O) groups excluding carboxylic acids is 1. The van der Waals surface area contributed by atoms with Crippen LogP contribution in [-0.2, 0) is 22.0 Å². The number of benzene rings is 1. The van der Waals surface area contributed by atoms with Gasteiger partial charge in [0.25, 0.3) is 0 Å². The van der Waals surface area contributed by atoms with Gasteiger partial charge < -0.3 is 5.11 Å². The molecule has 23 heavy (non-hydrogen) atoms. The van der Waals surface area contributed by atoms with Crippen molar-refractivity contribution >= 4 is 16.9 Å². The number of rotatable bonds is 4. The van der Waals surface area contributed by atoms with E-state index in [0.29, 0.717) is 18.1 Å². The molecule has 0 amide bonds. The highest BCUT2D eigenvalue weighted by molar-refractivity contribution is 8.13. The van der Waals surface area contributed by atoms with Crippen molar-refractivity contribution in [3.8, 4) is 5.75 Å². The van der Waals surface area contributed by atoms with Gasteiger partial charge >= 0.3 is 0 Å². The minimum atomic E-state index is -0.159. The summed E-state index contributed by atoms with van der Waals surface area (Å²) >= 11 is 1.41. The minimum Gasteiger partial charge on any atom is -0.507 e. The number of carbonyl (C=O) groups is 1. The minimum absolute atomic E-state index is 0.159. The van der Waals surface area contributed by atoms with Crippen molar-refractivity contribution in [1.82, 2.24) is 0 Å². The summed E-state index contributed by atoms with van der Waals surface area (Å²) in [5.74, 6) is 1.74. The lowest BCUT2D eigenvalue weighted by Gasteiger charge is -2.28. The Morgan fingerprint density at radius 2 is 1.48 bits per heavy atom. The van der Waals surface area contributed by atoms with Gasteiger partial charge in [-0.1, -0.05) is 79.3 Å². The average molecular weight is 337 g/mol. The maximum Gasteiger partial charge on any atom is 0.193 e. The molecule has 3 heteroatoms. The predicted octanol–water partition coefficient (Wildman–Crippen LogP) is 5.45. The Morgan fingerprint density at radius 3 is 1.83 bits per heavy atom. The Balaban J connectivity index is 3.21. The second-order valence-corrected chi connectivity index (χ2v) is 9.87. The van der Waals surface area contributed by atoms with Crippen LogP contribution >= 0.6 is 11.8 Å². The summed E-state index contributed by atoms with van der Waals surface area (Å²) in [7, 11) is 0. The highest BCUT2D eigenvalue weighted by Crippen LogP contribution is 2.40. The van der Waals surface area contributed by atoms with Crippen molar-refractivity contribution in [2.75, 3.05) is 5.75 Å². The molecule has 1 aromatic rings. The van der Waals surface area contributed by atoms with Gasteiger partial charge in [0, 0.05) is 12.2 Å². The SMILES string of the molecule is CC(C)CSC(=O)Cc1cc(C(C)(C)C)c(O)c(C(C)(C)C)c1. The number of aromatic hydroxyl groups is 1. The Hall–Kier alpha value is -0.960. The quantitative estimate of drug-likeness (QED) is 0.795. The van der Waals surface area contributed by atoms with E-state index in [1.807, 2.05) is 12.1 Å². The van der Waals surface area contributed by atoms with Crippen LogP contribution in [0.25, 0.3) is 0 Å². The standard InChI is InChI=1S/C20H32O2S/c1-13(2)12-23-17(21)11-14-9-15(19(3,4)5)18(22)16(10-14)20(6,7)8/h9-10,13,22H,11-12H2,1-8H3. The van der Waals surface area contributed by atoms with Gasteiger partial charge in [-0.25, -0.2) is 0 Å². The van der Waals surface area contributed by atoms with E-state index in [4.69, 9.17) is 0 Å². The Morgan fingerprint density at radius 1 is 1.04 bits per heavy atom. The fourth-order valence-electron chi connectivity index (χ4n) is 2.42. The third kappa shape index (κ3) is 5.87. The van der Waals surface area contributed by atoms with Gasteiger partial charge in [0.1, 0.15) is 5.75 Å². The van der Waals surface area contributed by atoms with Gasteiger partial charge in [-0.3, -0.25) is 4.79 Å². The molecule has 1 rings (SSSR count). The van der Waals surface area contributed by atoms with E-state index in [9.17, 15) is 9.90 Å². The van der Waals surface area contributed by atoms with Crippen LogP contribution in [0.4, 0.5) is 0 Å². The molecule has 0 saturated carbocycles. The van der Waals surface area contributed by atoms with Crippen molar-refractivity contribution in [2.24, 2.45) is 5.92 Å². The van der Waals surface area contributed by atoms with Crippen LogP contribution in [0.3, 0.4) is 0 Å². The van der Waals surface area contributed by atoms with E-state index in [0.717, 1.165) is 22.4 Å². The molecular weight excluding hydrogens is 304 g/mol. The fraction of sp³-hybridized carbons (Fsp3) is 0.650. The molecule has 0 unspecified atom stereocenters. The Kier molecular flexibility index (Phi) is 6.37. The van der Waals surface area contributed by atoms with Crippen LogP contribution in [0.15, 0.2) is 12.1 Å². The molecule has 0 bridgehead atoms. The van der Waals surface area contributed by atoms with Crippen molar-refractivity contribution in [3.05, 3.63) is 28.8 Å². The topological polar surface area (TPSA) is 37.3 Å². The van der Waals surface area contributed by atoms with Gasteiger partial charge in [-0.15, -0.1) is 0 Å². The summed E-state index contributed by atoms with van der Waals surface area (Å²) in [4.78, 5) is 12.2. The Labute approximate surface area is 146 Å². The van der Waals surface area contributed by atoms with Crippen molar-refractivity contribution < 1.29 is 9.90 Å². The van der Waals surface area contributed by atoms with Gasteiger partial charge in [-0.2, -0.15) is 0 Å². The highest BCUT2D eigenvalue weighted by Gasteiger charge is 2.26. The first-order valence-corrected chi connectivity index (χ1v) is 9.33. The molecule has 0 heterocycles. The van der Waals surface area contributed by atoms with Crippen molar-refractivity contribution in [3.63, 3.8) is 0 Å². The largest absolute Gasteiger partial charge is 0.507 e. The first-order valence-electron chi connectivity index (χ1n) is 8.35. The third-order valence-corrected chi connectivity index (χ3v) is 5.01. The molecule has 0 aliphatic carbocycles. The van der Waals surface area contributed by atoms with E-state index in [-0.39, 0.29) is 15.9 Å². The molecule has 0 aliphatic rings. The van der Waals surface area contributed by atoms with E-state index < -0.39 is 0 Å². The molecule has 130 valence electrons. The maximum atomic E-state index is 12.2.